The summed E-state index contributed by atoms with van der Waals surface area (Å²) in [6.45, 7) is 5.54. The third-order valence-electron chi connectivity index (χ3n) is 3.68. The van der Waals surface area contributed by atoms with E-state index < -0.39 is 0 Å². The summed E-state index contributed by atoms with van der Waals surface area (Å²) in [5.41, 5.74) is 2.55. The normalized spacial score (nSPS) is 10.8. The monoisotopic (exact) mass is 371 g/mol. The van der Waals surface area contributed by atoms with E-state index in [1.165, 1.54) is 0 Å². The van der Waals surface area contributed by atoms with Crippen LogP contribution in [0, 0.1) is 5.41 Å². The van der Waals surface area contributed by atoms with Crippen LogP contribution in [-0.2, 0) is 13.1 Å². The molecular formula is C18H18BrN3O. The first-order chi connectivity index (χ1) is 11.2. The summed E-state index contributed by atoms with van der Waals surface area (Å²) in [6, 6.07) is 15.8. The Morgan fingerprint density at radius 3 is 2.35 bits per heavy atom. The lowest BCUT2D eigenvalue weighted by Gasteiger charge is -2.08. The van der Waals surface area contributed by atoms with Gasteiger partial charge >= 0.3 is 0 Å². The van der Waals surface area contributed by atoms with Gasteiger partial charge in [0, 0.05) is 11.0 Å². The van der Waals surface area contributed by atoms with Crippen molar-refractivity contribution in [3.8, 4) is 5.75 Å². The number of benzene rings is 2. The Morgan fingerprint density at radius 1 is 1.04 bits per heavy atom. The molecule has 118 valence electrons. The molecule has 0 unspecified atom stereocenters. The second-order valence-electron chi connectivity index (χ2n) is 5.17. The van der Waals surface area contributed by atoms with E-state index >= 15 is 0 Å². The third kappa shape index (κ3) is 3.24. The van der Waals surface area contributed by atoms with E-state index in [0.29, 0.717) is 25.3 Å². The zero-order valence-corrected chi connectivity index (χ0v) is 14.3. The van der Waals surface area contributed by atoms with Crippen LogP contribution in [0.2, 0.25) is 0 Å². The Bertz CT molecular complexity index is 877. The van der Waals surface area contributed by atoms with Crippen LogP contribution < -0.4 is 10.4 Å². The van der Waals surface area contributed by atoms with Crippen molar-refractivity contribution in [3.63, 3.8) is 0 Å². The highest BCUT2D eigenvalue weighted by molar-refractivity contribution is 9.10. The molecule has 0 bridgehead atoms. The van der Waals surface area contributed by atoms with Crippen molar-refractivity contribution in [2.45, 2.75) is 13.1 Å². The molecule has 23 heavy (non-hydrogen) atoms. The Morgan fingerprint density at radius 2 is 1.70 bits per heavy atom. The van der Waals surface area contributed by atoms with Gasteiger partial charge in [-0.05, 0) is 36.4 Å². The average molecular weight is 372 g/mol. The van der Waals surface area contributed by atoms with Crippen molar-refractivity contribution in [1.82, 2.24) is 9.13 Å². The van der Waals surface area contributed by atoms with Crippen molar-refractivity contribution in [2.24, 2.45) is 0 Å². The number of imidazole rings is 1. The summed E-state index contributed by atoms with van der Waals surface area (Å²) in [7, 11) is 0. The van der Waals surface area contributed by atoms with Gasteiger partial charge in [-0.2, -0.15) is 0 Å². The Kier molecular flexibility index (Phi) is 4.67. The van der Waals surface area contributed by atoms with Crippen LogP contribution in [0.1, 0.15) is 0 Å². The van der Waals surface area contributed by atoms with E-state index in [1.807, 2.05) is 63.7 Å². The minimum atomic E-state index is 0.463. The highest BCUT2D eigenvalue weighted by Gasteiger charge is 2.09. The number of allylic oxidation sites excluding steroid dienone is 1. The molecular weight excluding hydrogens is 354 g/mol. The van der Waals surface area contributed by atoms with Crippen LogP contribution in [-0.4, -0.2) is 15.7 Å². The number of halogens is 1. The SMILES string of the molecule is C=CCn1c(=N)n(CCOc2ccc(Br)cc2)c2ccccc21. The van der Waals surface area contributed by atoms with Crippen molar-refractivity contribution >= 4 is 27.0 Å². The van der Waals surface area contributed by atoms with Crippen LogP contribution in [0.15, 0.2) is 65.7 Å². The molecule has 2 aromatic carbocycles. The van der Waals surface area contributed by atoms with Gasteiger partial charge in [-0.1, -0.05) is 34.1 Å². The maximum Gasteiger partial charge on any atom is 0.203 e. The zero-order chi connectivity index (χ0) is 16.2. The van der Waals surface area contributed by atoms with Gasteiger partial charge in [-0.3, -0.25) is 5.41 Å². The second kappa shape index (κ2) is 6.87. The van der Waals surface area contributed by atoms with Crippen LogP contribution in [0.4, 0.5) is 0 Å². The topological polar surface area (TPSA) is 42.9 Å². The van der Waals surface area contributed by atoms with E-state index in [-0.39, 0.29) is 0 Å². The predicted molar refractivity (Wildman–Crippen MR) is 95.6 cm³/mol. The van der Waals surface area contributed by atoms with Gasteiger partial charge in [0.2, 0.25) is 5.62 Å². The first-order valence-corrected chi connectivity index (χ1v) is 8.22. The van der Waals surface area contributed by atoms with E-state index in [4.69, 9.17) is 10.1 Å². The van der Waals surface area contributed by atoms with E-state index in [2.05, 4.69) is 22.5 Å². The maximum atomic E-state index is 8.41. The van der Waals surface area contributed by atoms with Gasteiger partial charge < -0.3 is 13.9 Å². The Hall–Kier alpha value is -2.27. The highest BCUT2D eigenvalue weighted by atomic mass is 79.9. The molecule has 1 aromatic heterocycles. The molecule has 3 rings (SSSR count). The number of aromatic nitrogens is 2. The van der Waals surface area contributed by atoms with Crippen molar-refractivity contribution in [1.29, 1.82) is 5.41 Å². The predicted octanol–water partition coefficient (Wildman–Crippen LogP) is 3.95. The number of rotatable bonds is 6. The summed E-state index contributed by atoms with van der Waals surface area (Å²) < 4.78 is 10.7. The molecule has 1 N–H and O–H groups in total. The maximum absolute atomic E-state index is 8.41. The van der Waals surface area contributed by atoms with Gasteiger partial charge in [0.05, 0.1) is 17.6 Å². The highest BCUT2D eigenvalue weighted by Crippen LogP contribution is 2.17. The second-order valence-corrected chi connectivity index (χ2v) is 6.08. The number of ether oxygens (including phenoxy) is 1. The van der Waals surface area contributed by atoms with Gasteiger partial charge in [0.1, 0.15) is 12.4 Å². The van der Waals surface area contributed by atoms with E-state index in [1.54, 1.807) is 0 Å². The van der Waals surface area contributed by atoms with Gasteiger partial charge in [0.15, 0.2) is 0 Å². The molecule has 5 heteroatoms. The summed E-state index contributed by atoms with van der Waals surface area (Å²) in [6.07, 6.45) is 1.81. The quantitative estimate of drug-likeness (QED) is 0.655. The minimum Gasteiger partial charge on any atom is -0.492 e. The molecule has 1 heterocycles. The molecule has 0 spiro atoms. The molecule has 0 atom stereocenters. The molecule has 0 radical (unpaired) electrons. The molecule has 0 saturated carbocycles. The van der Waals surface area contributed by atoms with Crippen LogP contribution in [0.5, 0.6) is 5.75 Å². The third-order valence-corrected chi connectivity index (χ3v) is 4.21. The number of para-hydroxylation sites is 2. The standard InChI is InChI=1S/C18H18BrN3O/c1-2-11-21-16-5-3-4-6-17(16)22(18(21)20)12-13-23-15-9-7-14(19)8-10-15/h2-10,20H,1,11-13H2. The average Bonchev–Trinajstić information content (AvgIpc) is 2.83. The van der Waals surface area contributed by atoms with Crippen LogP contribution in [0.3, 0.4) is 0 Å². The largest absolute Gasteiger partial charge is 0.492 e. The number of hydrogen-bond acceptors (Lipinski definition) is 2. The summed E-state index contributed by atoms with van der Waals surface area (Å²) in [4.78, 5) is 0. The number of nitrogens with zero attached hydrogens (tertiary/aromatic N) is 2. The minimum absolute atomic E-state index is 0.463. The molecule has 0 aliphatic carbocycles. The molecule has 4 nitrogen and oxygen atoms in total. The lowest BCUT2D eigenvalue weighted by Crippen LogP contribution is -2.26. The fourth-order valence-electron chi connectivity index (χ4n) is 2.62. The molecule has 0 aliphatic rings. The van der Waals surface area contributed by atoms with Gasteiger partial charge in [-0.15, -0.1) is 6.58 Å². The molecule has 3 aromatic rings. The van der Waals surface area contributed by atoms with Gasteiger partial charge in [0.25, 0.3) is 0 Å². The number of fused-ring (bicyclic) bond motifs is 1. The first-order valence-electron chi connectivity index (χ1n) is 7.42. The Labute approximate surface area is 143 Å². The smallest absolute Gasteiger partial charge is 0.203 e. The molecule has 0 amide bonds. The summed E-state index contributed by atoms with van der Waals surface area (Å²) >= 11 is 3.41. The number of nitrogens with one attached hydrogen (secondary N) is 1. The van der Waals surface area contributed by atoms with Crippen molar-refractivity contribution < 1.29 is 4.74 Å². The first kappa shape index (κ1) is 15.6. The summed E-state index contributed by atoms with van der Waals surface area (Å²) in [5.74, 6) is 0.829. The molecule has 0 aliphatic heterocycles. The zero-order valence-electron chi connectivity index (χ0n) is 12.7. The van der Waals surface area contributed by atoms with Crippen LogP contribution >= 0.6 is 15.9 Å². The molecule has 0 saturated heterocycles. The lowest BCUT2D eigenvalue weighted by molar-refractivity contribution is 0.296. The summed E-state index contributed by atoms with van der Waals surface area (Å²) in [5, 5.41) is 8.41. The fraction of sp³-hybridized carbons (Fsp3) is 0.167. The van der Waals surface area contributed by atoms with Crippen LogP contribution in [0.25, 0.3) is 11.0 Å². The van der Waals surface area contributed by atoms with Crippen molar-refractivity contribution in [3.05, 3.63) is 71.3 Å². The van der Waals surface area contributed by atoms with Crippen molar-refractivity contribution in [2.75, 3.05) is 6.61 Å². The molecule has 0 fully saturated rings. The fourth-order valence-corrected chi connectivity index (χ4v) is 2.88. The Balaban J connectivity index is 1.82. The van der Waals surface area contributed by atoms with E-state index in [0.717, 1.165) is 21.3 Å². The number of hydrogen-bond donors (Lipinski definition) is 1. The van der Waals surface area contributed by atoms with Gasteiger partial charge in [-0.25, -0.2) is 0 Å². The lowest BCUT2D eigenvalue weighted by atomic mass is 10.3. The van der Waals surface area contributed by atoms with E-state index in [9.17, 15) is 0 Å².